The normalized spacial score (nSPS) is 10.8. The number of amides is 2. The van der Waals surface area contributed by atoms with Gasteiger partial charge in [-0.25, -0.2) is 4.79 Å². The molecule has 0 atom stereocenters. The largest absolute Gasteiger partial charge is 0.444 e. The number of carbonyl (C=O) groups excluding carboxylic acids is 2. The van der Waals surface area contributed by atoms with Crippen LogP contribution >= 0.6 is 23.2 Å². The standard InChI is InChI=1S/C13H16Cl2N2O3/c1-13(2,3)20-12(19)16-7-11(18)17-8-4-5-9(14)10(15)6-8/h4-6H,7H2,1-3H3,(H,16,19)(H,17,18). The molecule has 0 aromatic heterocycles. The van der Waals surface area contributed by atoms with Crippen molar-refractivity contribution < 1.29 is 14.3 Å². The summed E-state index contributed by atoms with van der Waals surface area (Å²) in [4.78, 5) is 23.0. The Morgan fingerprint density at radius 2 is 1.85 bits per heavy atom. The predicted molar refractivity (Wildman–Crippen MR) is 79.3 cm³/mol. The number of ether oxygens (including phenoxy) is 1. The van der Waals surface area contributed by atoms with Crippen LogP contribution < -0.4 is 10.6 Å². The van der Waals surface area contributed by atoms with Crippen molar-refractivity contribution in [3.05, 3.63) is 28.2 Å². The minimum atomic E-state index is -0.651. The van der Waals surface area contributed by atoms with E-state index in [1.807, 2.05) is 0 Å². The van der Waals surface area contributed by atoms with Crippen molar-refractivity contribution in [2.24, 2.45) is 0 Å². The molecule has 0 spiro atoms. The Hall–Kier alpha value is -1.46. The van der Waals surface area contributed by atoms with Crippen LogP contribution in [0.15, 0.2) is 18.2 Å². The summed E-state index contributed by atoms with van der Waals surface area (Å²) in [5.74, 6) is -0.394. The molecule has 2 amide bonds. The first-order valence-electron chi connectivity index (χ1n) is 5.89. The second kappa shape index (κ2) is 6.81. The molecule has 0 saturated carbocycles. The summed E-state index contributed by atoms with van der Waals surface area (Å²) in [6, 6.07) is 4.70. The van der Waals surface area contributed by atoms with E-state index in [1.54, 1.807) is 32.9 Å². The Morgan fingerprint density at radius 1 is 1.20 bits per heavy atom. The molecule has 7 heteroatoms. The van der Waals surface area contributed by atoms with Gasteiger partial charge >= 0.3 is 6.09 Å². The summed E-state index contributed by atoms with van der Waals surface area (Å²) in [6.45, 7) is 5.02. The molecule has 0 aliphatic rings. The van der Waals surface area contributed by atoms with E-state index in [4.69, 9.17) is 27.9 Å². The average molecular weight is 319 g/mol. The molecule has 2 N–H and O–H groups in total. The Kier molecular flexibility index (Phi) is 5.65. The summed E-state index contributed by atoms with van der Waals surface area (Å²) in [5.41, 5.74) is -0.111. The number of alkyl carbamates (subject to hydrolysis) is 1. The van der Waals surface area contributed by atoms with Gasteiger partial charge in [0.05, 0.1) is 10.0 Å². The lowest BCUT2D eigenvalue weighted by Crippen LogP contribution is -2.37. The molecule has 1 rings (SSSR count). The molecule has 0 unspecified atom stereocenters. The van der Waals surface area contributed by atoms with Crippen molar-refractivity contribution >= 4 is 40.9 Å². The van der Waals surface area contributed by atoms with Gasteiger partial charge in [-0.15, -0.1) is 0 Å². The maximum Gasteiger partial charge on any atom is 0.408 e. The number of benzene rings is 1. The van der Waals surface area contributed by atoms with Crippen molar-refractivity contribution in [2.75, 3.05) is 11.9 Å². The van der Waals surface area contributed by atoms with Crippen LogP contribution in [0.4, 0.5) is 10.5 Å². The molecule has 1 aromatic rings. The fraction of sp³-hybridized carbons (Fsp3) is 0.385. The van der Waals surface area contributed by atoms with Crippen LogP contribution in [0.3, 0.4) is 0 Å². The number of halogens is 2. The van der Waals surface area contributed by atoms with Gasteiger partial charge in [0.2, 0.25) is 5.91 Å². The first-order chi connectivity index (χ1) is 9.17. The van der Waals surface area contributed by atoms with E-state index in [-0.39, 0.29) is 6.54 Å². The molecule has 110 valence electrons. The van der Waals surface area contributed by atoms with E-state index in [2.05, 4.69) is 10.6 Å². The second-order valence-electron chi connectivity index (χ2n) is 5.03. The predicted octanol–water partition coefficient (Wildman–Crippen LogP) is 3.46. The average Bonchev–Trinajstić information content (AvgIpc) is 2.29. The molecule has 0 aliphatic heterocycles. The van der Waals surface area contributed by atoms with Gasteiger partial charge in [-0.05, 0) is 39.0 Å². The van der Waals surface area contributed by atoms with Crippen molar-refractivity contribution in [3.8, 4) is 0 Å². The molecular weight excluding hydrogens is 303 g/mol. The molecule has 0 heterocycles. The highest BCUT2D eigenvalue weighted by Gasteiger charge is 2.16. The summed E-state index contributed by atoms with van der Waals surface area (Å²) in [5, 5.41) is 5.67. The van der Waals surface area contributed by atoms with Crippen molar-refractivity contribution in [1.29, 1.82) is 0 Å². The highest BCUT2D eigenvalue weighted by molar-refractivity contribution is 6.42. The van der Waals surface area contributed by atoms with Crippen LogP contribution in [-0.4, -0.2) is 24.1 Å². The van der Waals surface area contributed by atoms with E-state index < -0.39 is 17.6 Å². The highest BCUT2D eigenvalue weighted by atomic mass is 35.5. The summed E-state index contributed by atoms with van der Waals surface area (Å²) in [6.07, 6.45) is -0.651. The lowest BCUT2D eigenvalue weighted by molar-refractivity contribution is -0.115. The second-order valence-corrected chi connectivity index (χ2v) is 5.85. The Bertz CT molecular complexity index is 513. The number of carbonyl (C=O) groups is 2. The zero-order chi connectivity index (χ0) is 15.3. The fourth-order valence-electron chi connectivity index (χ4n) is 1.25. The monoisotopic (exact) mass is 318 g/mol. The van der Waals surface area contributed by atoms with Crippen molar-refractivity contribution in [1.82, 2.24) is 5.32 Å². The Balaban J connectivity index is 2.44. The minimum absolute atomic E-state index is 0.199. The van der Waals surface area contributed by atoms with Crippen molar-refractivity contribution in [2.45, 2.75) is 26.4 Å². The summed E-state index contributed by atoms with van der Waals surface area (Å²) >= 11 is 11.6. The molecule has 0 fully saturated rings. The molecule has 20 heavy (non-hydrogen) atoms. The SMILES string of the molecule is CC(C)(C)OC(=O)NCC(=O)Nc1ccc(Cl)c(Cl)c1. The van der Waals surface area contributed by atoms with Gasteiger partial charge in [0.1, 0.15) is 12.1 Å². The fourth-order valence-corrected chi connectivity index (χ4v) is 1.54. The van der Waals surface area contributed by atoms with Crippen LogP contribution in [0.5, 0.6) is 0 Å². The van der Waals surface area contributed by atoms with Gasteiger partial charge in [-0.3, -0.25) is 4.79 Å². The topological polar surface area (TPSA) is 67.4 Å². The van der Waals surface area contributed by atoms with Crippen LogP contribution in [0.1, 0.15) is 20.8 Å². The van der Waals surface area contributed by atoms with E-state index in [1.165, 1.54) is 6.07 Å². The van der Waals surface area contributed by atoms with E-state index in [0.29, 0.717) is 15.7 Å². The molecule has 1 aromatic carbocycles. The maximum atomic E-state index is 11.6. The van der Waals surface area contributed by atoms with E-state index >= 15 is 0 Å². The number of nitrogens with one attached hydrogen (secondary N) is 2. The molecule has 0 aliphatic carbocycles. The van der Waals surface area contributed by atoms with Crippen LogP contribution in [0, 0.1) is 0 Å². The number of rotatable bonds is 3. The van der Waals surface area contributed by atoms with Crippen LogP contribution in [0.2, 0.25) is 10.0 Å². The summed E-state index contributed by atoms with van der Waals surface area (Å²) in [7, 11) is 0. The third-order valence-corrected chi connectivity index (χ3v) is 2.73. The highest BCUT2D eigenvalue weighted by Crippen LogP contribution is 2.24. The van der Waals surface area contributed by atoms with Gasteiger partial charge in [0.25, 0.3) is 0 Å². The molecule has 0 bridgehead atoms. The summed E-state index contributed by atoms with van der Waals surface area (Å²) < 4.78 is 5.00. The van der Waals surface area contributed by atoms with Gasteiger partial charge in [-0.1, -0.05) is 23.2 Å². The zero-order valence-corrected chi connectivity index (χ0v) is 12.9. The van der Waals surface area contributed by atoms with Crippen molar-refractivity contribution in [3.63, 3.8) is 0 Å². The van der Waals surface area contributed by atoms with Crippen LogP contribution in [-0.2, 0) is 9.53 Å². The lowest BCUT2D eigenvalue weighted by Gasteiger charge is -2.19. The number of hydrogen-bond donors (Lipinski definition) is 2. The first-order valence-corrected chi connectivity index (χ1v) is 6.65. The van der Waals surface area contributed by atoms with Gasteiger partial charge in [0, 0.05) is 5.69 Å². The Morgan fingerprint density at radius 3 is 2.40 bits per heavy atom. The minimum Gasteiger partial charge on any atom is -0.444 e. The maximum absolute atomic E-state index is 11.6. The van der Waals surface area contributed by atoms with Gasteiger partial charge in [0.15, 0.2) is 0 Å². The van der Waals surface area contributed by atoms with Crippen LogP contribution in [0.25, 0.3) is 0 Å². The third-order valence-electron chi connectivity index (χ3n) is 2.00. The lowest BCUT2D eigenvalue weighted by atomic mass is 10.2. The number of anilines is 1. The number of hydrogen-bond acceptors (Lipinski definition) is 3. The van der Waals surface area contributed by atoms with Gasteiger partial charge < -0.3 is 15.4 Å². The molecule has 0 radical (unpaired) electrons. The third kappa shape index (κ3) is 6.12. The molecule has 5 nitrogen and oxygen atoms in total. The zero-order valence-electron chi connectivity index (χ0n) is 11.4. The van der Waals surface area contributed by atoms with Gasteiger partial charge in [-0.2, -0.15) is 0 Å². The molecule has 0 saturated heterocycles. The van der Waals surface area contributed by atoms with E-state index in [9.17, 15) is 9.59 Å². The van der Waals surface area contributed by atoms with E-state index in [0.717, 1.165) is 0 Å². The quantitative estimate of drug-likeness (QED) is 0.896. The smallest absolute Gasteiger partial charge is 0.408 e. The first kappa shape index (κ1) is 16.6. The Labute approximate surface area is 127 Å². The molecular formula is C13H16Cl2N2O3.